The van der Waals surface area contributed by atoms with Gasteiger partial charge in [0.15, 0.2) is 0 Å². The monoisotopic (exact) mass is 303 g/mol. The van der Waals surface area contributed by atoms with Gasteiger partial charge in [0, 0.05) is 38.4 Å². The van der Waals surface area contributed by atoms with Crippen molar-refractivity contribution in [2.75, 3.05) is 40.8 Å². The molecule has 1 aliphatic rings. The zero-order valence-electron chi connectivity index (χ0n) is 14.3. The molecule has 1 aromatic rings. The number of likely N-dealkylation sites (N-methyl/N-ethyl adjacent to an activating group) is 1. The Hall–Kier alpha value is -1.52. The maximum absolute atomic E-state index is 5.78. The molecule has 22 heavy (non-hydrogen) atoms. The van der Waals surface area contributed by atoms with Gasteiger partial charge < -0.3 is 19.9 Å². The van der Waals surface area contributed by atoms with E-state index in [0.717, 1.165) is 31.8 Å². The lowest BCUT2D eigenvalue weighted by Crippen LogP contribution is -2.28. The van der Waals surface area contributed by atoms with Gasteiger partial charge in [0.1, 0.15) is 12.0 Å². The first-order chi connectivity index (χ1) is 10.6. The van der Waals surface area contributed by atoms with Crippen molar-refractivity contribution in [1.29, 1.82) is 0 Å². The fourth-order valence-corrected chi connectivity index (χ4v) is 2.57. The van der Waals surface area contributed by atoms with Crippen LogP contribution in [0, 0.1) is 0 Å². The van der Waals surface area contributed by atoms with Gasteiger partial charge in [-0.15, -0.1) is 0 Å². The Kier molecular flexibility index (Phi) is 6.28. The highest BCUT2D eigenvalue weighted by atomic mass is 16.5. The normalized spacial score (nSPS) is 18.2. The van der Waals surface area contributed by atoms with Crippen LogP contribution in [0.25, 0.3) is 0 Å². The summed E-state index contributed by atoms with van der Waals surface area (Å²) in [6.45, 7) is 5.36. The summed E-state index contributed by atoms with van der Waals surface area (Å²) in [7, 11) is 6.30. The summed E-state index contributed by atoms with van der Waals surface area (Å²) < 4.78 is 5.78. The molecule has 1 aliphatic heterocycles. The number of ether oxygens (including phenoxy) is 1. The molecule has 4 nitrogen and oxygen atoms in total. The predicted octanol–water partition coefficient (Wildman–Crippen LogP) is 2.84. The maximum atomic E-state index is 5.78. The average Bonchev–Trinajstić information content (AvgIpc) is 2.90. The van der Waals surface area contributed by atoms with E-state index in [1.54, 1.807) is 0 Å². The summed E-state index contributed by atoms with van der Waals surface area (Å²) in [5, 5.41) is 3.53. The lowest BCUT2D eigenvalue weighted by molar-refractivity contribution is 0.389. The number of rotatable bonds is 7. The Morgan fingerprint density at radius 1 is 1.32 bits per heavy atom. The highest BCUT2D eigenvalue weighted by Crippen LogP contribution is 2.21. The first kappa shape index (κ1) is 16.8. The van der Waals surface area contributed by atoms with Crippen LogP contribution >= 0.6 is 0 Å². The fourth-order valence-electron chi connectivity index (χ4n) is 2.57. The summed E-state index contributed by atoms with van der Waals surface area (Å²) in [5.74, 6) is 0.900. The van der Waals surface area contributed by atoms with E-state index in [4.69, 9.17) is 4.74 Å². The quantitative estimate of drug-likeness (QED) is 0.784. The van der Waals surface area contributed by atoms with Crippen molar-refractivity contribution in [3.05, 3.63) is 41.8 Å². The molecule has 1 heterocycles. The third-order valence-corrected chi connectivity index (χ3v) is 4.14. The standard InChI is InChI=1S/C18H29N3O/c1-15(19-11-13-20(2)3)16-7-9-18(10-8-16)22-14-17-6-5-12-21(17)4/h7-10,14-15,19H,5-6,11-13H2,1-4H3/b17-14+. The lowest BCUT2D eigenvalue weighted by atomic mass is 10.1. The van der Waals surface area contributed by atoms with Gasteiger partial charge in [-0.25, -0.2) is 0 Å². The number of hydrogen-bond acceptors (Lipinski definition) is 4. The molecule has 1 saturated heterocycles. The van der Waals surface area contributed by atoms with E-state index < -0.39 is 0 Å². The summed E-state index contributed by atoms with van der Waals surface area (Å²) >= 11 is 0. The Morgan fingerprint density at radius 3 is 2.64 bits per heavy atom. The van der Waals surface area contributed by atoms with E-state index in [2.05, 4.69) is 55.3 Å². The van der Waals surface area contributed by atoms with Gasteiger partial charge in [-0.05, 0) is 51.6 Å². The smallest absolute Gasteiger partial charge is 0.126 e. The van der Waals surface area contributed by atoms with Gasteiger partial charge >= 0.3 is 0 Å². The largest absolute Gasteiger partial charge is 0.463 e. The molecule has 122 valence electrons. The molecule has 4 heteroatoms. The number of hydrogen-bond donors (Lipinski definition) is 1. The van der Waals surface area contributed by atoms with E-state index in [-0.39, 0.29) is 0 Å². The molecule has 0 amide bonds. The topological polar surface area (TPSA) is 27.7 Å². The molecule has 0 saturated carbocycles. The van der Waals surface area contributed by atoms with Gasteiger partial charge in [-0.3, -0.25) is 0 Å². The van der Waals surface area contributed by atoms with Gasteiger partial charge in [-0.2, -0.15) is 0 Å². The van der Waals surface area contributed by atoms with Crippen LogP contribution < -0.4 is 10.1 Å². The van der Waals surface area contributed by atoms with Gasteiger partial charge in [0.05, 0.1) is 0 Å². The van der Waals surface area contributed by atoms with E-state index in [9.17, 15) is 0 Å². The number of likely N-dealkylation sites (tertiary alicyclic amines) is 1. The second-order valence-corrected chi connectivity index (χ2v) is 6.30. The third kappa shape index (κ3) is 5.04. The first-order valence-corrected chi connectivity index (χ1v) is 8.11. The second kappa shape index (κ2) is 8.20. The molecule has 1 fully saturated rings. The van der Waals surface area contributed by atoms with Crippen LogP contribution in [0.1, 0.15) is 31.4 Å². The van der Waals surface area contributed by atoms with Crippen molar-refractivity contribution < 1.29 is 4.74 Å². The van der Waals surface area contributed by atoms with Crippen LogP contribution in [0.2, 0.25) is 0 Å². The minimum atomic E-state index is 0.355. The number of nitrogens with one attached hydrogen (secondary N) is 1. The van der Waals surface area contributed by atoms with E-state index >= 15 is 0 Å². The molecule has 0 bridgehead atoms. The molecule has 2 rings (SSSR count). The van der Waals surface area contributed by atoms with Crippen LogP contribution in [0.15, 0.2) is 36.2 Å². The molecular weight excluding hydrogens is 274 g/mol. The minimum Gasteiger partial charge on any atom is -0.463 e. The molecule has 1 N–H and O–H groups in total. The van der Waals surface area contributed by atoms with Gasteiger partial charge in [-0.1, -0.05) is 12.1 Å². The van der Waals surface area contributed by atoms with Crippen molar-refractivity contribution in [3.8, 4) is 5.75 Å². The summed E-state index contributed by atoms with van der Waals surface area (Å²) in [5.41, 5.74) is 2.57. The number of allylic oxidation sites excluding steroid dienone is 1. The first-order valence-electron chi connectivity index (χ1n) is 8.11. The highest BCUT2D eigenvalue weighted by molar-refractivity contribution is 5.29. The van der Waals surface area contributed by atoms with Crippen molar-refractivity contribution in [2.24, 2.45) is 0 Å². The van der Waals surface area contributed by atoms with Crippen molar-refractivity contribution in [1.82, 2.24) is 15.1 Å². The summed E-state index contributed by atoms with van der Waals surface area (Å²) in [6, 6.07) is 8.73. The molecule has 1 aromatic carbocycles. The highest BCUT2D eigenvalue weighted by Gasteiger charge is 2.12. The Morgan fingerprint density at radius 2 is 2.05 bits per heavy atom. The molecule has 0 aromatic heterocycles. The molecule has 0 spiro atoms. The van der Waals surface area contributed by atoms with E-state index in [1.165, 1.54) is 17.7 Å². The van der Waals surface area contributed by atoms with Crippen LogP contribution in [0.5, 0.6) is 5.75 Å². The fraction of sp³-hybridized carbons (Fsp3) is 0.556. The Labute approximate surface area is 134 Å². The lowest BCUT2D eigenvalue weighted by Gasteiger charge is -2.17. The van der Waals surface area contributed by atoms with Gasteiger partial charge in [0.2, 0.25) is 0 Å². The van der Waals surface area contributed by atoms with Crippen LogP contribution in [-0.4, -0.2) is 50.6 Å². The maximum Gasteiger partial charge on any atom is 0.126 e. The van der Waals surface area contributed by atoms with Crippen molar-refractivity contribution in [2.45, 2.75) is 25.8 Å². The second-order valence-electron chi connectivity index (χ2n) is 6.30. The van der Waals surface area contributed by atoms with E-state index in [0.29, 0.717) is 6.04 Å². The van der Waals surface area contributed by atoms with Crippen LogP contribution in [-0.2, 0) is 0 Å². The Balaban J connectivity index is 1.84. The van der Waals surface area contributed by atoms with Crippen molar-refractivity contribution >= 4 is 0 Å². The molecule has 1 unspecified atom stereocenters. The Bertz CT molecular complexity index is 482. The zero-order chi connectivity index (χ0) is 15.9. The number of benzene rings is 1. The predicted molar refractivity (Wildman–Crippen MR) is 92.0 cm³/mol. The molecule has 0 aliphatic carbocycles. The third-order valence-electron chi connectivity index (χ3n) is 4.14. The summed E-state index contributed by atoms with van der Waals surface area (Å²) in [6.07, 6.45) is 4.23. The van der Waals surface area contributed by atoms with Crippen LogP contribution in [0.4, 0.5) is 0 Å². The molecule has 0 radical (unpaired) electrons. The average molecular weight is 303 g/mol. The molecule has 1 atom stereocenters. The minimum absolute atomic E-state index is 0.355. The zero-order valence-corrected chi connectivity index (χ0v) is 14.3. The van der Waals surface area contributed by atoms with E-state index in [1.807, 2.05) is 18.4 Å². The van der Waals surface area contributed by atoms with Crippen LogP contribution in [0.3, 0.4) is 0 Å². The van der Waals surface area contributed by atoms with Crippen molar-refractivity contribution in [3.63, 3.8) is 0 Å². The summed E-state index contributed by atoms with van der Waals surface area (Å²) in [4.78, 5) is 4.44. The number of nitrogens with zero attached hydrogens (tertiary/aromatic N) is 2. The molecular formula is C18H29N3O. The van der Waals surface area contributed by atoms with Gasteiger partial charge in [0.25, 0.3) is 0 Å². The SMILES string of the molecule is CC(NCCN(C)C)c1ccc(O/C=C2\CCCN2C)cc1.